The highest BCUT2D eigenvalue weighted by molar-refractivity contribution is 6.39. The van der Waals surface area contributed by atoms with E-state index in [0.29, 0.717) is 5.69 Å². The van der Waals surface area contributed by atoms with Gasteiger partial charge in [0.25, 0.3) is 0 Å². The van der Waals surface area contributed by atoms with E-state index in [1.807, 2.05) is 13.8 Å². The second kappa shape index (κ2) is 5.98. The van der Waals surface area contributed by atoms with Crippen LogP contribution in [0.2, 0.25) is 0 Å². The van der Waals surface area contributed by atoms with Gasteiger partial charge in [0, 0.05) is 11.7 Å². The highest BCUT2D eigenvalue weighted by atomic mass is 19.1. The van der Waals surface area contributed by atoms with Gasteiger partial charge in [-0.2, -0.15) is 0 Å². The fourth-order valence-electron chi connectivity index (χ4n) is 1.11. The van der Waals surface area contributed by atoms with Crippen molar-refractivity contribution in [3.05, 3.63) is 30.1 Å². The van der Waals surface area contributed by atoms with Crippen LogP contribution in [0.25, 0.3) is 0 Å². The van der Waals surface area contributed by atoms with E-state index in [2.05, 4.69) is 10.6 Å². The third-order valence-corrected chi connectivity index (χ3v) is 2.30. The van der Waals surface area contributed by atoms with Crippen LogP contribution in [0.5, 0.6) is 0 Å². The molecule has 0 bridgehead atoms. The van der Waals surface area contributed by atoms with Crippen LogP contribution < -0.4 is 10.6 Å². The largest absolute Gasteiger partial charge is 0.345 e. The molecule has 5 heteroatoms. The Balaban J connectivity index is 2.54. The lowest BCUT2D eigenvalue weighted by Gasteiger charge is -2.11. The van der Waals surface area contributed by atoms with E-state index in [0.717, 1.165) is 6.42 Å². The molecule has 1 aromatic rings. The maximum absolute atomic E-state index is 12.6. The van der Waals surface area contributed by atoms with Crippen molar-refractivity contribution in [2.45, 2.75) is 26.3 Å². The zero-order valence-corrected chi connectivity index (χ0v) is 9.79. The van der Waals surface area contributed by atoms with Gasteiger partial charge in [-0.15, -0.1) is 0 Å². The summed E-state index contributed by atoms with van der Waals surface area (Å²) in [6, 6.07) is 5.15. The van der Waals surface area contributed by atoms with Crippen molar-refractivity contribution in [3.8, 4) is 0 Å². The number of benzene rings is 1. The maximum atomic E-state index is 12.6. The molecule has 92 valence electrons. The Morgan fingerprint density at radius 1 is 1.24 bits per heavy atom. The number of anilines is 1. The highest BCUT2D eigenvalue weighted by Gasteiger charge is 2.15. The van der Waals surface area contributed by atoms with Crippen LogP contribution >= 0.6 is 0 Å². The van der Waals surface area contributed by atoms with Gasteiger partial charge in [-0.05, 0) is 37.6 Å². The molecule has 0 saturated carbocycles. The number of hydrogen-bond donors (Lipinski definition) is 2. The standard InChI is InChI=1S/C12H15FN2O2/c1-3-8(2)14-11(16)12(17)15-10-6-4-9(13)5-7-10/h4-8H,3H2,1-2H3,(H,14,16)(H,15,17)/t8-/m0/s1. The number of amides is 2. The average molecular weight is 238 g/mol. The van der Waals surface area contributed by atoms with Crippen molar-refractivity contribution in [1.82, 2.24) is 5.32 Å². The maximum Gasteiger partial charge on any atom is 0.313 e. The Morgan fingerprint density at radius 2 is 1.82 bits per heavy atom. The fraction of sp³-hybridized carbons (Fsp3) is 0.333. The lowest BCUT2D eigenvalue weighted by Crippen LogP contribution is -2.40. The quantitative estimate of drug-likeness (QED) is 0.787. The molecule has 17 heavy (non-hydrogen) atoms. The summed E-state index contributed by atoms with van der Waals surface area (Å²) in [7, 11) is 0. The second-order valence-corrected chi connectivity index (χ2v) is 3.74. The first kappa shape index (κ1) is 13.2. The molecule has 1 atom stereocenters. The predicted octanol–water partition coefficient (Wildman–Crippen LogP) is 1.68. The molecule has 1 aromatic carbocycles. The first-order chi connectivity index (χ1) is 8.02. The molecule has 0 saturated heterocycles. The molecule has 0 aromatic heterocycles. The summed E-state index contributed by atoms with van der Waals surface area (Å²) in [5.74, 6) is -1.84. The first-order valence-corrected chi connectivity index (χ1v) is 5.40. The minimum Gasteiger partial charge on any atom is -0.345 e. The molecule has 4 nitrogen and oxygen atoms in total. The van der Waals surface area contributed by atoms with E-state index in [-0.39, 0.29) is 6.04 Å². The number of nitrogens with one attached hydrogen (secondary N) is 2. The SMILES string of the molecule is CC[C@H](C)NC(=O)C(=O)Nc1ccc(F)cc1. The van der Waals surface area contributed by atoms with Crippen molar-refractivity contribution in [2.24, 2.45) is 0 Å². The van der Waals surface area contributed by atoms with Gasteiger partial charge in [-0.1, -0.05) is 6.92 Å². The third kappa shape index (κ3) is 4.22. The van der Waals surface area contributed by atoms with Gasteiger partial charge >= 0.3 is 11.8 Å². The van der Waals surface area contributed by atoms with Gasteiger partial charge in [0.15, 0.2) is 0 Å². The summed E-state index contributed by atoms with van der Waals surface area (Å²) in [6.07, 6.45) is 0.746. The van der Waals surface area contributed by atoms with Gasteiger partial charge in [-0.25, -0.2) is 4.39 Å². The third-order valence-electron chi connectivity index (χ3n) is 2.30. The molecule has 0 fully saturated rings. The van der Waals surface area contributed by atoms with Gasteiger partial charge in [0.1, 0.15) is 5.82 Å². The highest BCUT2D eigenvalue weighted by Crippen LogP contribution is 2.07. The topological polar surface area (TPSA) is 58.2 Å². The van der Waals surface area contributed by atoms with E-state index in [9.17, 15) is 14.0 Å². The first-order valence-electron chi connectivity index (χ1n) is 5.40. The van der Waals surface area contributed by atoms with E-state index in [1.54, 1.807) is 0 Å². The van der Waals surface area contributed by atoms with Gasteiger partial charge in [-0.3, -0.25) is 9.59 Å². The monoisotopic (exact) mass is 238 g/mol. The van der Waals surface area contributed by atoms with E-state index in [1.165, 1.54) is 24.3 Å². The second-order valence-electron chi connectivity index (χ2n) is 3.74. The van der Waals surface area contributed by atoms with Crippen molar-refractivity contribution in [3.63, 3.8) is 0 Å². The molecule has 1 rings (SSSR count). The fourth-order valence-corrected chi connectivity index (χ4v) is 1.11. The summed E-state index contributed by atoms with van der Waals surface area (Å²) >= 11 is 0. The molecular weight excluding hydrogens is 223 g/mol. The molecule has 2 amide bonds. The van der Waals surface area contributed by atoms with E-state index in [4.69, 9.17) is 0 Å². The van der Waals surface area contributed by atoms with Crippen LogP contribution in [-0.4, -0.2) is 17.9 Å². The summed E-state index contributed by atoms with van der Waals surface area (Å²) in [5.41, 5.74) is 0.385. The van der Waals surface area contributed by atoms with E-state index < -0.39 is 17.6 Å². The lowest BCUT2D eigenvalue weighted by atomic mass is 10.2. The van der Waals surface area contributed by atoms with Crippen LogP contribution in [0.3, 0.4) is 0 Å². The molecule has 0 aliphatic heterocycles. The molecule has 2 N–H and O–H groups in total. The van der Waals surface area contributed by atoms with Crippen LogP contribution in [0.15, 0.2) is 24.3 Å². The van der Waals surface area contributed by atoms with Gasteiger partial charge < -0.3 is 10.6 Å². The van der Waals surface area contributed by atoms with Gasteiger partial charge in [0.2, 0.25) is 0 Å². The van der Waals surface area contributed by atoms with Gasteiger partial charge in [0.05, 0.1) is 0 Å². The minimum absolute atomic E-state index is 0.0542. The van der Waals surface area contributed by atoms with E-state index >= 15 is 0 Å². The Morgan fingerprint density at radius 3 is 2.35 bits per heavy atom. The van der Waals surface area contributed by atoms with Crippen molar-refractivity contribution in [2.75, 3.05) is 5.32 Å². The predicted molar refractivity (Wildman–Crippen MR) is 62.9 cm³/mol. The summed E-state index contributed by atoms with van der Waals surface area (Å²) in [5, 5.41) is 4.92. The summed E-state index contributed by atoms with van der Waals surface area (Å²) in [4.78, 5) is 22.8. The van der Waals surface area contributed by atoms with Crippen LogP contribution in [-0.2, 0) is 9.59 Å². The Hall–Kier alpha value is -1.91. The lowest BCUT2D eigenvalue weighted by molar-refractivity contribution is -0.136. The molecule has 0 unspecified atom stereocenters. The smallest absolute Gasteiger partial charge is 0.313 e. The zero-order valence-electron chi connectivity index (χ0n) is 9.79. The summed E-state index contributed by atoms with van der Waals surface area (Å²) < 4.78 is 12.6. The minimum atomic E-state index is -0.753. The van der Waals surface area contributed by atoms with Crippen molar-refractivity contribution < 1.29 is 14.0 Å². The average Bonchev–Trinajstić information content (AvgIpc) is 2.31. The van der Waals surface area contributed by atoms with Crippen LogP contribution in [0.1, 0.15) is 20.3 Å². The van der Waals surface area contributed by atoms with Crippen LogP contribution in [0.4, 0.5) is 10.1 Å². The number of hydrogen-bond acceptors (Lipinski definition) is 2. The molecular formula is C12H15FN2O2. The summed E-state index contributed by atoms with van der Waals surface area (Å²) in [6.45, 7) is 3.71. The molecule has 0 heterocycles. The molecule has 0 spiro atoms. The van der Waals surface area contributed by atoms with Crippen LogP contribution in [0, 0.1) is 5.82 Å². The Labute approximate surface area is 99.2 Å². The molecule has 0 aliphatic rings. The normalized spacial score (nSPS) is 11.7. The van der Waals surface area contributed by atoms with Crippen molar-refractivity contribution >= 4 is 17.5 Å². The number of rotatable bonds is 3. The van der Waals surface area contributed by atoms with Crippen molar-refractivity contribution in [1.29, 1.82) is 0 Å². The molecule has 0 radical (unpaired) electrons. The Bertz CT molecular complexity index is 403. The number of halogens is 1. The Kier molecular flexibility index (Phi) is 4.63. The number of carbonyl (C=O) groups excluding carboxylic acids is 2. The number of carbonyl (C=O) groups is 2. The molecule has 0 aliphatic carbocycles. The zero-order chi connectivity index (χ0) is 12.8.